The molecule has 0 saturated heterocycles. The Balaban J connectivity index is 2.85. The van der Waals surface area contributed by atoms with Crippen LogP contribution in [0.15, 0.2) is 0 Å². The Morgan fingerprint density at radius 2 is 2.20 bits per heavy atom. The summed E-state index contributed by atoms with van der Waals surface area (Å²) in [4.78, 5) is 9.23. The second-order valence-corrected chi connectivity index (χ2v) is 0.664. The van der Waals surface area contributed by atoms with Gasteiger partial charge < -0.3 is 4.65 Å². The van der Waals surface area contributed by atoms with Crippen LogP contribution in [0.1, 0.15) is 0 Å². The lowest BCUT2D eigenvalue weighted by molar-refractivity contribution is 0.229. The van der Waals surface area contributed by atoms with Crippen LogP contribution in [0.2, 0.25) is 0 Å². The Morgan fingerprint density at radius 3 is 2.20 bits per heavy atom. The number of hydrogen-bond acceptors (Lipinski definition) is 2. The molecule has 0 saturated carbocycles. The van der Waals surface area contributed by atoms with Gasteiger partial charge in [0, 0.05) is 11.6 Å². The topological polar surface area (TPSA) is 26.3 Å². The van der Waals surface area contributed by atoms with E-state index in [9.17, 15) is 4.79 Å². The fraction of sp³-hybridized carbons (Fsp3) is 0. The molecule has 0 rings (SSSR count). The third kappa shape index (κ3) is 3.82. The van der Waals surface area contributed by atoms with Gasteiger partial charge in [-0.1, -0.05) is 0 Å². The molecule has 2 nitrogen and oxygen atoms in total. The van der Waals surface area contributed by atoms with Gasteiger partial charge >= 0.3 is 13.5 Å². The zero-order chi connectivity index (χ0) is 4.28. The molecular formula is CBClO2. The van der Waals surface area contributed by atoms with E-state index in [1.165, 1.54) is 0 Å². The van der Waals surface area contributed by atoms with Crippen molar-refractivity contribution in [1.82, 2.24) is 0 Å². The van der Waals surface area contributed by atoms with Gasteiger partial charge in [-0.25, -0.2) is 4.79 Å². The highest BCUT2D eigenvalue weighted by atomic mass is 35.5. The first-order valence-electron chi connectivity index (χ1n) is 0.833. The van der Waals surface area contributed by atoms with Crippen molar-refractivity contribution in [2.45, 2.75) is 0 Å². The lowest BCUT2D eigenvalue weighted by Gasteiger charge is -1.78. The van der Waals surface area contributed by atoms with Crippen LogP contribution >= 0.6 is 11.6 Å². The maximum absolute atomic E-state index is 9.23. The van der Waals surface area contributed by atoms with E-state index in [-0.39, 0.29) is 0 Å². The second kappa shape index (κ2) is 2.09. The highest BCUT2D eigenvalue weighted by Crippen LogP contribution is 1.77. The Kier molecular flexibility index (Phi) is 2.01. The molecule has 0 unspecified atom stereocenters. The predicted molar refractivity (Wildman–Crippen MR) is 18.1 cm³/mol. The first-order chi connectivity index (χ1) is 2.27. The summed E-state index contributed by atoms with van der Waals surface area (Å²) in [5, 5.41) is 0. The van der Waals surface area contributed by atoms with Crippen LogP contribution in [0, 0.1) is 0 Å². The van der Waals surface area contributed by atoms with E-state index in [2.05, 4.69) is 24.3 Å². The fourth-order valence-corrected chi connectivity index (χ4v) is 0. The number of rotatable bonds is 0. The molecule has 0 aliphatic heterocycles. The molecule has 0 aliphatic carbocycles. The van der Waals surface area contributed by atoms with Crippen molar-refractivity contribution in [1.29, 1.82) is 0 Å². The third-order valence-electron chi connectivity index (χ3n) is 0.0927. The van der Waals surface area contributed by atoms with Gasteiger partial charge in [-0.2, -0.15) is 0 Å². The lowest BCUT2D eigenvalue weighted by Crippen LogP contribution is -1.83. The maximum atomic E-state index is 9.23. The third-order valence-corrected chi connectivity index (χ3v) is 0.182. The summed E-state index contributed by atoms with van der Waals surface area (Å²) in [5.74, 6) is 0. The van der Waals surface area contributed by atoms with Crippen LogP contribution in [-0.2, 0) is 4.65 Å². The van der Waals surface area contributed by atoms with Crippen LogP contribution in [0.4, 0.5) is 4.79 Å². The maximum Gasteiger partial charge on any atom is 0.385 e. The van der Waals surface area contributed by atoms with Crippen molar-refractivity contribution in [2.24, 2.45) is 0 Å². The van der Waals surface area contributed by atoms with Gasteiger partial charge in [0.25, 0.3) is 0 Å². The van der Waals surface area contributed by atoms with Crippen LogP contribution in [-0.4, -0.2) is 13.5 Å². The van der Waals surface area contributed by atoms with Crippen LogP contribution in [0.3, 0.4) is 0 Å². The summed E-state index contributed by atoms with van der Waals surface area (Å²) in [6.07, 6.45) is 0. The molecule has 0 spiro atoms. The van der Waals surface area contributed by atoms with Crippen molar-refractivity contribution in [3.8, 4) is 0 Å². The number of hydrogen-bond donors (Lipinski definition) is 0. The first kappa shape index (κ1) is 4.82. The Bertz CT molecular complexity index is 44.9. The van der Waals surface area contributed by atoms with Crippen molar-refractivity contribution >= 4 is 25.1 Å². The molecule has 0 atom stereocenters. The molecular weight excluding hydrogens is 90.3 g/mol. The van der Waals surface area contributed by atoms with E-state index in [4.69, 9.17) is 0 Å². The zero-order valence-electron chi connectivity index (χ0n) is 2.27. The molecule has 4 heteroatoms. The van der Waals surface area contributed by atoms with E-state index in [1.807, 2.05) is 0 Å². The molecule has 0 aromatic heterocycles. The van der Waals surface area contributed by atoms with Gasteiger partial charge in [-0.3, -0.25) is 0 Å². The van der Waals surface area contributed by atoms with Gasteiger partial charge in [-0.15, -0.1) is 0 Å². The normalized spacial score (nSPS) is 6.60. The predicted octanol–water partition coefficient (Wildman–Crippen LogP) is 0.445. The average molecular weight is 90.3 g/mol. The first-order valence-corrected chi connectivity index (χ1v) is 1.21. The molecule has 0 aromatic carbocycles. The van der Waals surface area contributed by atoms with Crippen molar-refractivity contribution in [3.63, 3.8) is 0 Å². The zero-order valence-corrected chi connectivity index (χ0v) is 3.03. The SMILES string of the molecule is [B]OC(=O)Cl. The molecule has 0 fully saturated rings. The summed E-state index contributed by atoms with van der Waals surface area (Å²) in [6.45, 7) is 0. The molecule has 0 aliphatic rings. The molecule has 5 heavy (non-hydrogen) atoms. The van der Waals surface area contributed by atoms with Crippen molar-refractivity contribution in [3.05, 3.63) is 0 Å². The molecule has 2 radical (unpaired) electrons. The number of halogens is 1. The molecule has 0 aromatic rings. The van der Waals surface area contributed by atoms with Crippen LogP contribution in [0.25, 0.3) is 0 Å². The molecule has 0 bridgehead atoms. The average Bonchev–Trinajstić information content (AvgIpc) is 1.38. The van der Waals surface area contributed by atoms with Crippen molar-refractivity contribution in [2.75, 3.05) is 0 Å². The van der Waals surface area contributed by atoms with Crippen molar-refractivity contribution < 1.29 is 9.45 Å². The van der Waals surface area contributed by atoms with Gasteiger partial charge in [-0.05, 0) is 0 Å². The summed E-state index contributed by atoms with van der Waals surface area (Å²) in [7, 11) is 4.19. The van der Waals surface area contributed by atoms with Gasteiger partial charge in [0.1, 0.15) is 0 Å². The Morgan fingerprint density at radius 1 is 2.00 bits per heavy atom. The smallest absolute Gasteiger partial charge is 0.385 e. The minimum Gasteiger partial charge on any atom is -0.532 e. The highest BCUT2D eigenvalue weighted by Gasteiger charge is 1.80. The number of carbonyl (C=O) groups excluding carboxylic acids is 1. The van der Waals surface area contributed by atoms with Gasteiger partial charge in [0.15, 0.2) is 0 Å². The summed E-state index contributed by atoms with van der Waals surface area (Å²) >= 11 is 4.48. The van der Waals surface area contributed by atoms with E-state index in [0.29, 0.717) is 0 Å². The van der Waals surface area contributed by atoms with Crippen LogP contribution in [0.5, 0.6) is 0 Å². The van der Waals surface area contributed by atoms with Gasteiger partial charge in [0.2, 0.25) is 0 Å². The minimum absolute atomic E-state index is 0.995. The van der Waals surface area contributed by atoms with E-state index in [0.717, 1.165) is 0 Å². The van der Waals surface area contributed by atoms with E-state index < -0.39 is 5.43 Å². The largest absolute Gasteiger partial charge is 0.532 e. The minimum atomic E-state index is -0.995. The molecule has 26 valence electrons. The summed E-state index contributed by atoms with van der Waals surface area (Å²) in [5.41, 5.74) is -0.995. The second-order valence-electron chi connectivity index (χ2n) is 0.355. The van der Waals surface area contributed by atoms with Crippen LogP contribution < -0.4 is 0 Å². The lowest BCUT2D eigenvalue weighted by atomic mass is 10.6. The monoisotopic (exact) mass is 90.0 g/mol. The molecule has 0 amide bonds. The van der Waals surface area contributed by atoms with E-state index in [1.54, 1.807) is 0 Å². The molecule has 0 N–H and O–H groups in total. The summed E-state index contributed by atoms with van der Waals surface area (Å²) in [6, 6.07) is 0. The Hall–Kier alpha value is -0.175. The molecule has 0 heterocycles. The standard InChI is InChI=1S/CBClO2/c2-5-1(3)4. The Labute approximate surface area is 35.5 Å². The number of carbonyl (C=O) groups is 1. The summed E-state index contributed by atoms with van der Waals surface area (Å²) < 4.78 is 3.38. The quantitative estimate of drug-likeness (QED) is 0.319. The van der Waals surface area contributed by atoms with E-state index >= 15 is 0 Å². The highest BCUT2D eigenvalue weighted by molar-refractivity contribution is 6.62. The fourth-order valence-electron chi connectivity index (χ4n) is 0. The van der Waals surface area contributed by atoms with Gasteiger partial charge in [0.05, 0.1) is 0 Å².